The number of fused-ring (bicyclic) bond motifs is 2. The molecular formula is C18H18N4O2S2. The number of benzene rings is 1. The highest BCUT2D eigenvalue weighted by molar-refractivity contribution is 8.00. The van der Waals surface area contributed by atoms with E-state index in [0.29, 0.717) is 15.7 Å². The number of nitrogens with two attached hydrogens (primary N) is 1. The molecule has 6 nitrogen and oxygen atoms in total. The van der Waals surface area contributed by atoms with Gasteiger partial charge in [-0.3, -0.25) is 9.59 Å². The Morgan fingerprint density at radius 3 is 2.92 bits per heavy atom. The summed E-state index contributed by atoms with van der Waals surface area (Å²) in [5.74, 6) is -0.643. The van der Waals surface area contributed by atoms with E-state index in [1.54, 1.807) is 0 Å². The molecule has 3 aromatic rings. The molecule has 134 valence electrons. The molecule has 8 heteroatoms. The molecule has 0 saturated carbocycles. The molecule has 0 saturated heterocycles. The number of aromatic amines is 1. The second-order valence-electron chi connectivity index (χ2n) is 6.23. The number of anilines is 1. The van der Waals surface area contributed by atoms with Crippen molar-refractivity contribution in [2.24, 2.45) is 5.73 Å². The topological polar surface area (TPSA) is 101 Å². The number of nitrogens with one attached hydrogen (secondary N) is 2. The van der Waals surface area contributed by atoms with Gasteiger partial charge in [-0.2, -0.15) is 0 Å². The fourth-order valence-corrected chi connectivity index (χ4v) is 5.29. The van der Waals surface area contributed by atoms with Gasteiger partial charge < -0.3 is 16.0 Å². The van der Waals surface area contributed by atoms with Crippen molar-refractivity contribution in [1.29, 1.82) is 0 Å². The first-order chi connectivity index (χ1) is 12.5. The molecular weight excluding hydrogens is 368 g/mol. The largest absolute Gasteiger partial charge is 0.365 e. The van der Waals surface area contributed by atoms with Crippen LogP contribution in [0.25, 0.3) is 11.0 Å². The second-order valence-corrected chi connectivity index (χ2v) is 8.67. The van der Waals surface area contributed by atoms with E-state index in [4.69, 9.17) is 5.73 Å². The third kappa shape index (κ3) is 3.10. The van der Waals surface area contributed by atoms with E-state index >= 15 is 0 Å². The number of imidazole rings is 1. The Balaban J connectivity index is 1.50. The average Bonchev–Trinajstić information content (AvgIpc) is 3.27. The molecule has 26 heavy (non-hydrogen) atoms. The van der Waals surface area contributed by atoms with Crippen LogP contribution in [-0.4, -0.2) is 27.0 Å². The lowest BCUT2D eigenvalue weighted by Gasteiger charge is -2.10. The fraction of sp³-hybridized carbons (Fsp3) is 0.278. The highest BCUT2D eigenvalue weighted by atomic mass is 32.2. The number of thiophene rings is 1. The molecule has 1 aliphatic rings. The summed E-state index contributed by atoms with van der Waals surface area (Å²) in [6.07, 6.45) is 2.83. The summed E-state index contributed by atoms with van der Waals surface area (Å²) in [5, 5.41) is 3.79. The van der Waals surface area contributed by atoms with E-state index in [0.717, 1.165) is 40.7 Å². The Bertz CT molecular complexity index is 975. The highest BCUT2D eigenvalue weighted by Gasteiger charge is 2.27. The van der Waals surface area contributed by atoms with Crippen molar-refractivity contribution >= 4 is 50.9 Å². The summed E-state index contributed by atoms with van der Waals surface area (Å²) in [6, 6.07) is 7.73. The van der Waals surface area contributed by atoms with Crippen molar-refractivity contribution < 1.29 is 9.59 Å². The van der Waals surface area contributed by atoms with E-state index in [2.05, 4.69) is 15.3 Å². The van der Waals surface area contributed by atoms with Crippen LogP contribution in [0.4, 0.5) is 5.00 Å². The molecule has 0 fully saturated rings. The second kappa shape index (κ2) is 6.77. The number of hydrogen-bond donors (Lipinski definition) is 3. The van der Waals surface area contributed by atoms with Gasteiger partial charge in [0.15, 0.2) is 5.16 Å². The zero-order valence-corrected chi connectivity index (χ0v) is 15.8. The lowest BCUT2D eigenvalue weighted by Crippen LogP contribution is -2.24. The minimum absolute atomic E-state index is 0.169. The number of rotatable bonds is 5. The molecule has 1 aromatic carbocycles. The number of thioether (sulfide) groups is 1. The Labute approximate surface area is 158 Å². The van der Waals surface area contributed by atoms with Gasteiger partial charge in [0.2, 0.25) is 5.91 Å². The minimum atomic E-state index is -0.475. The predicted molar refractivity (Wildman–Crippen MR) is 105 cm³/mol. The first-order valence-electron chi connectivity index (χ1n) is 8.39. The number of H-pyrrole nitrogens is 1. The Hall–Kier alpha value is -2.32. The van der Waals surface area contributed by atoms with Crippen LogP contribution in [0.15, 0.2) is 29.4 Å². The van der Waals surface area contributed by atoms with Crippen LogP contribution in [0.1, 0.15) is 34.1 Å². The number of para-hydroxylation sites is 2. The maximum atomic E-state index is 12.6. The molecule has 0 bridgehead atoms. The van der Waals surface area contributed by atoms with Gasteiger partial charge in [0, 0.05) is 4.88 Å². The van der Waals surface area contributed by atoms with Crippen molar-refractivity contribution in [1.82, 2.24) is 9.97 Å². The van der Waals surface area contributed by atoms with E-state index in [1.165, 1.54) is 23.1 Å². The third-order valence-corrected chi connectivity index (χ3v) is 6.62. The molecule has 0 spiro atoms. The third-order valence-electron chi connectivity index (χ3n) is 4.43. The summed E-state index contributed by atoms with van der Waals surface area (Å²) < 4.78 is 0. The minimum Gasteiger partial charge on any atom is -0.365 e. The van der Waals surface area contributed by atoms with Crippen LogP contribution >= 0.6 is 23.1 Å². The van der Waals surface area contributed by atoms with E-state index < -0.39 is 5.91 Å². The van der Waals surface area contributed by atoms with Crippen LogP contribution in [0.2, 0.25) is 0 Å². The number of aryl methyl sites for hydroxylation is 1. The molecule has 0 radical (unpaired) electrons. The first-order valence-corrected chi connectivity index (χ1v) is 10.1. The summed E-state index contributed by atoms with van der Waals surface area (Å²) >= 11 is 2.82. The summed E-state index contributed by atoms with van der Waals surface area (Å²) in [6.45, 7) is 1.82. The molecule has 4 rings (SSSR count). The molecule has 2 aromatic heterocycles. The van der Waals surface area contributed by atoms with Crippen molar-refractivity contribution in [3.8, 4) is 0 Å². The van der Waals surface area contributed by atoms with Crippen LogP contribution in [0, 0.1) is 0 Å². The van der Waals surface area contributed by atoms with E-state index in [9.17, 15) is 9.59 Å². The van der Waals surface area contributed by atoms with Crippen LogP contribution < -0.4 is 11.1 Å². The zero-order chi connectivity index (χ0) is 18.3. The lowest BCUT2D eigenvalue weighted by atomic mass is 10.1. The number of amides is 2. The molecule has 1 aliphatic carbocycles. The smallest absolute Gasteiger partial charge is 0.251 e. The molecule has 2 heterocycles. The van der Waals surface area contributed by atoms with Crippen LogP contribution in [-0.2, 0) is 17.6 Å². The van der Waals surface area contributed by atoms with Gasteiger partial charge in [0.25, 0.3) is 5.91 Å². The fourth-order valence-electron chi connectivity index (χ4n) is 3.17. The van der Waals surface area contributed by atoms with Gasteiger partial charge in [-0.1, -0.05) is 23.9 Å². The molecule has 1 unspecified atom stereocenters. The number of carbonyl (C=O) groups excluding carboxylic acids is 2. The monoisotopic (exact) mass is 386 g/mol. The number of aromatic nitrogens is 2. The van der Waals surface area contributed by atoms with E-state index in [-0.39, 0.29) is 11.2 Å². The van der Waals surface area contributed by atoms with Crippen LogP contribution in [0.5, 0.6) is 0 Å². The normalized spacial score (nSPS) is 14.3. The maximum absolute atomic E-state index is 12.6. The Morgan fingerprint density at radius 2 is 2.15 bits per heavy atom. The summed E-state index contributed by atoms with van der Waals surface area (Å²) in [5.41, 5.74) is 8.85. The molecule has 1 atom stereocenters. The molecule has 4 N–H and O–H groups in total. The van der Waals surface area contributed by atoms with Gasteiger partial charge >= 0.3 is 0 Å². The van der Waals surface area contributed by atoms with Crippen molar-refractivity contribution in [3.63, 3.8) is 0 Å². The Kier molecular flexibility index (Phi) is 4.46. The number of hydrogen-bond acceptors (Lipinski definition) is 5. The maximum Gasteiger partial charge on any atom is 0.251 e. The van der Waals surface area contributed by atoms with Crippen molar-refractivity contribution in [2.75, 3.05) is 5.32 Å². The Morgan fingerprint density at radius 1 is 1.35 bits per heavy atom. The van der Waals surface area contributed by atoms with E-state index in [1.807, 2.05) is 31.2 Å². The van der Waals surface area contributed by atoms with Gasteiger partial charge in [0.1, 0.15) is 5.00 Å². The summed E-state index contributed by atoms with van der Waals surface area (Å²) in [4.78, 5) is 33.3. The van der Waals surface area contributed by atoms with Crippen LogP contribution in [0.3, 0.4) is 0 Å². The van der Waals surface area contributed by atoms with Crippen molar-refractivity contribution in [2.45, 2.75) is 36.6 Å². The van der Waals surface area contributed by atoms with Gasteiger partial charge in [-0.05, 0) is 43.9 Å². The molecule has 2 amide bonds. The summed E-state index contributed by atoms with van der Waals surface area (Å²) in [7, 11) is 0. The SMILES string of the molecule is CC(Sc1nc2ccccc2[nH]1)C(=O)Nc1sc2c(c1C(N)=O)CCC2. The van der Waals surface area contributed by atoms with Crippen molar-refractivity contribution in [3.05, 3.63) is 40.3 Å². The number of nitrogens with zero attached hydrogens (tertiary/aromatic N) is 1. The molecule has 0 aliphatic heterocycles. The first kappa shape index (κ1) is 17.1. The number of primary amides is 1. The highest BCUT2D eigenvalue weighted by Crippen LogP contribution is 2.39. The zero-order valence-electron chi connectivity index (χ0n) is 14.2. The average molecular weight is 387 g/mol. The lowest BCUT2D eigenvalue weighted by molar-refractivity contribution is -0.115. The quantitative estimate of drug-likeness (QED) is 0.586. The standard InChI is InChI=1S/C18H18N4O2S2/c1-9(25-18-20-11-6-2-3-7-12(11)21-18)16(24)22-17-14(15(19)23)10-5-4-8-13(10)26-17/h2-3,6-7,9H,4-5,8H2,1H3,(H2,19,23)(H,20,21)(H,22,24). The number of carbonyl (C=O) groups is 2. The predicted octanol–water partition coefficient (Wildman–Crippen LogP) is 3.33. The van der Waals surface area contributed by atoms with Gasteiger partial charge in [-0.15, -0.1) is 11.3 Å². The van der Waals surface area contributed by atoms with Gasteiger partial charge in [-0.25, -0.2) is 4.98 Å². The van der Waals surface area contributed by atoms with Gasteiger partial charge in [0.05, 0.1) is 21.8 Å².